The third-order valence-corrected chi connectivity index (χ3v) is 4.62. The molecule has 0 amide bonds. The fourth-order valence-corrected chi connectivity index (χ4v) is 2.86. The molecule has 1 atom stereocenters. The molecule has 30 heavy (non-hydrogen) atoms. The molecule has 0 bridgehead atoms. The van der Waals surface area contributed by atoms with Crippen molar-refractivity contribution >= 4 is 11.8 Å². The van der Waals surface area contributed by atoms with E-state index in [9.17, 15) is 9.59 Å². The lowest BCUT2D eigenvalue weighted by Gasteiger charge is -2.18. The molecule has 0 aromatic heterocycles. The van der Waals surface area contributed by atoms with Gasteiger partial charge in [-0.2, -0.15) is 0 Å². The molecule has 0 radical (unpaired) electrons. The quantitative estimate of drug-likeness (QED) is 0.396. The molecule has 0 N–H and O–H groups in total. The average Bonchev–Trinajstić information content (AvgIpc) is 2.77. The summed E-state index contributed by atoms with van der Waals surface area (Å²) >= 11 is 0. The molecule has 0 saturated carbocycles. The van der Waals surface area contributed by atoms with Crippen LogP contribution in [0, 0.1) is 13.8 Å². The molecule has 0 aliphatic rings. The summed E-state index contributed by atoms with van der Waals surface area (Å²) in [4.78, 5) is 25.5. The maximum atomic E-state index is 13.1. The van der Waals surface area contributed by atoms with E-state index in [1.54, 1.807) is 55.6 Å². The van der Waals surface area contributed by atoms with Crippen molar-refractivity contribution in [1.29, 1.82) is 0 Å². The Labute approximate surface area is 176 Å². The van der Waals surface area contributed by atoms with Crippen molar-refractivity contribution in [2.24, 2.45) is 0 Å². The molecule has 0 unspecified atom stereocenters. The first-order valence-corrected chi connectivity index (χ1v) is 9.60. The second kappa shape index (κ2) is 9.74. The zero-order valence-corrected chi connectivity index (χ0v) is 17.3. The summed E-state index contributed by atoms with van der Waals surface area (Å²) in [5, 5.41) is 0. The third-order valence-electron chi connectivity index (χ3n) is 4.62. The van der Waals surface area contributed by atoms with Gasteiger partial charge >= 0.3 is 5.97 Å². The largest absolute Gasteiger partial charge is 0.497 e. The molecule has 0 saturated heterocycles. The highest BCUT2D eigenvalue weighted by Gasteiger charge is 2.26. The highest BCUT2D eigenvalue weighted by molar-refractivity contribution is 6.01. The van der Waals surface area contributed by atoms with Crippen molar-refractivity contribution in [3.63, 3.8) is 0 Å². The predicted molar refractivity (Wildman–Crippen MR) is 114 cm³/mol. The van der Waals surface area contributed by atoms with Crippen LogP contribution >= 0.6 is 0 Å². The van der Waals surface area contributed by atoms with Gasteiger partial charge in [-0.25, -0.2) is 4.79 Å². The number of esters is 1. The number of ether oxygens (including phenoxy) is 3. The van der Waals surface area contributed by atoms with Crippen molar-refractivity contribution in [2.75, 3.05) is 13.7 Å². The lowest BCUT2D eigenvalue weighted by molar-refractivity contribution is -0.149. The highest BCUT2D eigenvalue weighted by Crippen LogP contribution is 2.24. The van der Waals surface area contributed by atoms with Gasteiger partial charge in [0, 0.05) is 11.1 Å². The minimum absolute atomic E-state index is 0.281. The van der Waals surface area contributed by atoms with E-state index >= 15 is 0 Å². The minimum atomic E-state index is -1.04. The second-order valence-corrected chi connectivity index (χ2v) is 6.98. The molecule has 5 heteroatoms. The molecular formula is C25H24O5. The number of carbonyl (C=O) groups excluding carboxylic acids is 2. The normalized spacial score (nSPS) is 11.4. The first-order chi connectivity index (χ1) is 14.5. The van der Waals surface area contributed by atoms with Crippen molar-refractivity contribution in [2.45, 2.75) is 20.0 Å². The Morgan fingerprint density at radius 1 is 0.767 bits per heavy atom. The number of Topliss-reactive ketones (excluding diaryl/α,β-unsaturated/α-hetero) is 1. The minimum Gasteiger partial charge on any atom is -0.497 e. The number of aryl methyl sites for hydroxylation is 2. The summed E-state index contributed by atoms with van der Waals surface area (Å²) in [5.74, 6) is 0.283. The molecule has 5 nitrogen and oxygen atoms in total. The van der Waals surface area contributed by atoms with Gasteiger partial charge in [-0.1, -0.05) is 59.7 Å². The first-order valence-electron chi connectivity index (χ1n) is 9.60. The van der Waals surface area contributed by atoms with Crippen molar-refractivity contribution in [3.05, 3.63) is 95.1 Å². The molecule has 0 heterocycles. The van der Waals surface area contributed by atoms with Crippen molar-refractivity contribution in [3.8, 4) is 11.5 Å². The Hall–Kier alpha value is -3.60. The first kappa shape index (κ1) is 21.1. The second-order valence-electron chi connectivity index (χ2n) is 6.98. The van der Waals surface area contributed by atoms with Gasteiger partial charge in [0.2, 0.25) is 5.78 Å². The predicted octanol–water partition coefficient (Wildman–Crippen LogP) is 4.86. The van der Waals surface area contributed by atoms with Gasteiger partial charge in [-0.3, -0.25) is 4.79 Å². The molecule has 0 aliphatic heterocycles. The number of methoxy groups -OCH3 is 1. The van der Waals surface area contributed by atoms with Crippen LogP contribution in [0.2, 0.25) is 0 Å². The van der Waals surface area contributed by atoms with Crippen LogP contribution < -0.4 is 9.47 Å². The fraction of sp³-hybridized carbons (Fsp3) is 0.200. The lowest BCUT2D eigenvalue weighted by atomic mass is 9.98. The van der Waals surface area contributed by atoms with Gasteiger partial charge in [0.05, 0.1) is 7.11 Å². The maximum Gasteiger partial charge on any atom is 0.345 e. The summed E-state index contributed by atoms with van der Waals surface area (Å²) in [5.41, 5.74) is 3.19. The van der Waals surface area contributed by atoms with Crippen LogP contribution in [0.15, 0.2) is 72.8 Å². The number of carbonyl (C=O) groups is 2. The molecular weight excluding hydrogens is 380 g/mol. The van der Waals surface area contributed by atoms with E-state index in [4.69, 9.17) is 14.2 Å². The van der Waals surface area contributed by atoms with E-state index < -0.39 is 12.1 Å². The summed E-state index contributed by atoms with van der Waals surface area (Å²) in [7, 11) is 1.57. The highest BCUT2D eigenvalue weighted by atomic mass is 16.6. The molecule has 154 valence electrons. The van der Waals surface area contributed by atoms with Gasteiger partial charge in [0.15, 0.2) is 12.7 Å². The van der Waals surface area contributed by atoms with Crippen LogP contribution in [0.5, 0.6) is 11.5 Å². The summed E-state index contributed by atoms with van der Waals surface area (Å²) in [6, 6.07) is 21.4. The standard InChI is InChI=1S/C25H24O5/c1-17-4-8-19(9-5-17)24(27)25(20-10-6-18(2)7-11-20)30-23(26)16-29-22-14-12-21(28-3)13-15-22/h4-15,25H,16H2,1-3H3/t25-/m0/s1. The maximum absolute atomic E-state index is 13.1. The number of benzene rings is 3. The van der Waals surface area contributed by atoms with Gasteiger partial charge in [0.1, 0.15) is 11.5 Å². The Morgan fingerprint density at radius 2 is 1.30 bits per heavy atom. The van der Waals surface area contributed by atoms with Crippen LogP contribution in [0.3, 0.4) is 0 Å². The average molecular weight is 404 g/mol. The summed E-state index contributed by atoms with van der Waals surface area (Å²) < 4.78 is 16.1. The molecule has 0 spiro atoms. The molecule has 3 aromatic carbocycles. The Kier molecular flexibility index (Phi) is 6.86. The lowest BCUT2D eigenvalue weighted by Crippen LogP contribution is -2.23. The van der Waals surface area contributed by atoms with E-state index in [-0.39, 0.29) is 12.4 Å². The number of ketones is 1. The number of hydrogen-bond acceptors (Lipinski definition) is 5. The number of rotatable bonds is 8. The molecule has 0 aliphatic carbocycles. The van der Waals surface area contributed by atoms with Crippen molar-refractivity contribution < 1.29 is 23.8 Å². The summed E-state index contributed by atoms with van der Waals surface area (Å²) in [6.45, 7) is 3.59. The molecule has 3 rings (SSSR count). The van der Waals surface area contributed by atoms with Crippen LogP contribution in [0.4, 0.5) is 0 Å². The monoisotopic (exact) mass is 404 g/mol. The summed E-state index contributed by atoms with van der Waals surface area (Å²) in [6.07, 6.45) is -1.04. The number of hydrogen-bond donors (Lipinski definition) is 0. The van der Waals surface area contributed by atoms with E-state index in [0.717, 1.165) is 11.1 Å². The van der Waals surface area contributed by atoms with Gasteiger partial charge in [-0.15, -0.1) is 0 Å². The smallest absolute Gasteiger partial charge is 0.345 e. The molecule has 3 aromatic rings. The third kappa shape index (κ3) is 5.47. The van der Waals surface area contributed by atoms with Crippen LogP contribution in [0.25, 0.3) is 0 Å². The van der Waals surface area contributed by atoms with E-state index in [0.29, 0.717) is 22.6 Å². The Bertz CT molecular complexity index is 989. The van der Waals surface area contributed by atoms with E-state index in [2.05, 4.69) is 0 Å². The van der Waals surface area contributed by atoms with Crippen LogP contribution in [-0.4, -0.2) is 25.5 Å². The molecule has 0 fully saturated rings. The van der Waals surface area contributed by atoms with Gasteiger partial charge < -0.3 is 14.2 Å². The topological polar surface area (TPSA) is 61.8 Å². The van der Waals surface area contributed by atoms with Gasteiger partial charge in [0.25, 0.3) is 0 Å². The van der Waals surface area contributed by atoms with Crippen LogP contribution in [0.1, 0.15) is 33.2 Å². The Morgan fingerprint density at radius 3 is 1.87 bits per heavy atom. The fourth-order valence-electron chi connectivity index (χ4n) is 2.86. The SMILES string of the molecule is COc1ccc(OCC(=O)O[C@H](C(=O)c2ccc(C)cc2)c2ccc(C)cc2)cc1. The van der Waals surface area contributed by atoms with Gasteiger partial charge in [-0.05, 0) is 38.1 Å². The Balaban J connectivity index is 1.74. The zero-order chi connectivity index (χ0) is 21.5. The van der Waals surface area contributed by atoms with E-state index in [1.807, 2.05) is 38.1 Å². The zero-order valence-electron chi connectivity index (χ0n) is 17.3. The van der Waals surface area contributed by atoms with Crippen LogP contribution in [-0.2, 0) is 9.53 Å². The van der Waals surface area contributed by atoms with E-state index in [1.165, 1.54) is 0 Å². The van der Waals surface area contributed by atoms with Crippen molar-refractivity contribution in [1.82, 2.24) is 0 Å².